The molecule has 0 saturated heterocycles. The van der Waals surface area contributed by atoms with Gasteiger partial charge in [-0.1, -0.05) is 6.07 Å². The number of nitrogens with zero attached hydrogens (tertiary/aromatic N) is 1. The predicted octanol–water partition coefficient (Wildman–Crippen LogP) is 2.68. The van der Waals surface area contributed by atoms with Crippen LogP contribution in [0.4, 0.5) is 14.5 Å². The number of pyridine rings is 1. The van der Waals surface area contributed by atoms with Crippen LogP contribution in [0.15, 0.2) is 64.4 Å². The number of rotatable bonds is 6. The summed E-state index contributed by atoms with van der Waals surface area (Å²) in [6.07, 6.45) is 3.06. The summed E-state index contributed by atoms with van der Waals surface area (Å²) in [5.74, 6) is -3.30. The maximum Gasteiger partial charge on any atom is 0.291 e. The van der Waals surface area contributed by atoms with Crippen molar-refractivity contribution in [2.75, 3.05) is 5.32 Å². The number of halogens is 2. The fourth-order valence-corrected chi connectivity index (χ4v) is 3.05. The molecule has 0 aliphatic carbocycles. The minimum atomic E-state index is -3.99. The Morgan fingerprint density at radius 3 is 2.63 bits per heavy atom. The molecule has 0 spiro atoms. The van der Waals surface area contributed by atoms with E-state index in [4.69, 9.17) is 4.42 Å². The van der Waals surface area contributed by atoms with Crippen molar-refractivity contribution in [1.82, 2.24) is 9.71 Å². The number of carbonyl (C=O) groups excluding carboxylic acids is 1. The van der Waals surface area contributed by atoms with Gasteiger partial charge in [-0.25, -0.2) is 21.9 Å². The van der Waals surface area contributed by atoms with Crippen LogP contribution in [-0.2, 0) is 16.6 Å². The molecule has 10 heteroatoms. The first kappa shape index (κ1) is 18.7. The molecule has 7 nitrogen and oxygen atoms in total. The molecule has 2 heterocycles. The summed E-state index contributed by atoms with van der Waals surface area (Å²) in [7, 11) is -3.99. The molecule has 2 aromatic heterocycles. The summed E-state index contributed by atoms with van der Waals surface area (Å²) >= 11 is 0. The van der Waals surface area contributed by atoms with E-state index in [2.05, 4.69) is 15.0 Å². The fourth-order valence-electron chi connectivity index (χ4n) is 2.11. The van der Waals surface area contributed by atoms with Crippen molar-refractivity contribution in [3.05, 3.63) is 77.8 Å². The molecule has 0 atom stereocenters. The number of hydrogen-bond acceptors (Lipinski definition) is 5. The predicted molar refractivity (Wildman–Crippen MR) is 91.3 cm³/mol. The molecule has 0 aliphatic heterocycles. The Morgan fingerprint density at radius 1 is 1.11 bits per heavy atom. The highest BCUT2D eigenvalue weighted by Gasteiger charge is 2.21. The van der Waals surface area contributed by atoms with Crippen molar-refractivity contribution in [3.63, 3.8) is 0 Å². The number of sulfonamides is 1. The molecular weight excluding hydrogens is 380 g/mol. The molecule has 1 aromatic carbocycles. The van der Waals surface area contributed by atoms with Gasteiger partial charge < -0.3 is 9.73 Å². The molecular formula is C17H13F2N3O4S. The van der Waals surface area contributed by atoms with E-state index in [1.807, 2.05) is 0 Å². The molecule has 0 aliphatic rings. The van der Waals surface area contributed by atoms with Gasteiger partial charge in [0.15, 0.2) is 17.4 Å². The van der Waals surface area contributed by atoms with E-state index < -0.39 is 32.7 Å². The standard InChI is InChI=1S/C17H13F2N3O4S/c18-13-4-3-12(8-14(13)19)22-17(23)15-5-6-16(26-15)27(24,25)21-10-11-2-1-7-20-9-11/h1-9,21H,10H2,(H,22,23). The third-order valence-corrected chi connectivity index (χ3v) is 4.71. The number of benzene rings is 1. The van der Waals surface area contributed by atoms with Crippen molar-refractivity contribution in [3.8, 4) is 0 Å². The van der Waals surface area contributed by atoms with E-state index in [-0.39, 0.29) is 18.0 Å². The maximum absolute atomic E-state index is 13.2. The molecule has 0 saturated carbocycles. The van der Waals surface area contributed by atoms with E-state index in [1.54, 1.807) is 18.3 Å². The fraction of sp³-hybridized carbons (Fsp3) is 0.0588. The zero-order valence-corrected chi connectivity index (χ0v) is 14.5. The summed E-state index contributed by atoms with van der Waals surface area (Å²) in [4.78, 5) is 16.0. The van der Waals surface area contributed by atoms with E-state index in [0.717, 1.165) is 30.3 Å². The lowest BCUT2D eigenvalue weighted by atomic mass is 10.3. The Hall–Kier alpha value is -3.11. The average molecular weight is 393 g/mol. The molecule has 1 amide bonds. The van der Waals surface area contributed by atoms with Gasteiger partial charge in [-0.15, -0.1) is 0 Å². The molecule has 0 radical (unpaired) electrons. The van der Waals surface area contributed by atoms with Crippen LogP contribution in [0.1, 0.15) is 16.1 Å². The minimum Gasteiger partial charge on any atom is -0.438 e. The van der Waals surface area contributed by atoms with Gasteiger partial charge in [0.25, 0.3) is 15.9 Å². The number of furan rings is 1. The van der Waals surface area contributed by atoms with Crippen LogP contribution >= 0.6 is 0 Å². The Morgan fingerprint density at radius 2 is 1.93 bits per heavy atom. The highest BCUT2D eigenvalue weighted by Crippen LogP contribution is 2.18. The first-order chi connectivity index (χ1) is 12.8. The molecule has 0 unspecified atom stereocenters. The van der Waals surface area contributed by atoms with Gasteiger partial charge in [0.2, 0.25) is 5.09 Å². The molecule has 0 fully saturated rings. The van der Waals surface area contributed by atoms with Crippen LogP contribution in [0.25, 0.3) is 0 Å². The second-order valence-electron chi connectivity index (χ2n) is 5.39. The number of hydrogen-bond donors (Lipinski definition) is 2. The van der Waals surface area contributed by atoms with Gasteiger partial charge >= 0.3 is 0 Å². The molecule has 140 valence electrons. The maximum atomic E-state index is 13.2. The summed E-state index contributed by atoms with van der Waals surface area (Å²) in [5, 5.41) is 1.83. The van der Waals surface area contributed by atoms with Crippen LogP contribution in [0.3, 0.4) is 0 Å². The second-order valence-corrected chi connectivity index (χ2v) is 7.09. The van der Waals surface area contributed by atoms with Gasteiger partial charge in [-0.2, -0.15) is 0 Å². The molecule has 2 N–H and O–H groups in total. The van der Waals surface area contributed by atoms with Gasteiger partial charge in [-0.05, 0) is 35.9 Å². The largest absolute Gasteiger partial charge is 0.438 e. The summed E-state index contributed by atoms with van der Waals surface area (Å²) in [6, 6.07) is 8.44. The minimum absolute atomic E-state index is 0.00518. The van der Waals surface area contributed by atoms with Crippen molar-refractivity contribution in [1.29, 1.82) is 0 Å². The quantitative estimate of drug-likeness (QED) is 0.671. The van der Waals surface area contributed by atoms with Gasteiger partial charge in [0.1, 0.15) is 0 Å². The Kier molecular flexibility index (Phi) is 5.28. The molecule has 0 bridgehead atoms. The SMILES string of the molecule is O=C(Nc1ccc(F)c(F)c1)c1ccc(S(=O)(=O)NCc2cccnc2)o1. The molecule has 27 heavy (non-hydrogen) atoms. The monoisotopic (exact) mass is 393 g/mol. The third kappa shape index (κ3) is 4.54. The second kappa shape index (κ2) is 7.64. The van der Waals surface area contributed by atoms with Crippen LogP contribution in [0.5, 0.6) is 0 Å². The smallest absolute Gasteiger partial charge is 0.291 e. The van der Waals surface area contributed by atoms with Gasteiger partial charge in [0, 0.05) is 30.7 Å². The first-order valence-corrected chi connectivity index (χ1v) is 9.08. The molecule has 3 rings (SSSR count). The highest BCUT2D eigenvalue weighted by molar-refractivity contribution is 7.89. The Bertz CT molecular complexity index is 1070. The highest BCUT2D eigenvalue weighted by atomic mass is 32.2. The number of carbonyl (C=O) groups is 1. The lowest BCUT2D eigenvalue weighted by molar-refractivity contribution is 0.0991. The van der Waals surface area contributed by atoms with Crippen LogP contribution in [0, 0.1) is 11.6 Å². The Labute approximate surface area is 153 Å². The van der Waals surface area contributed by atoms with Crippen molar-refractivity contribution < 1.29 is 26.4 Å². The average Bonchev–Trinajstić information content (AvgIpc) is 3.15. The van der Waals surface area contributed by atoms with Crippen molar-refractivity contribution >= 4 is 21.6 Å². The van der Waals surface area contributed by atoms with Crippen LogP contribution in [0.2, 0.25) is 0 Å². The van der Waals surface area contributed by atoms with Gasteiger partial charge in [-0.3, -0.25) is 9.78 Å². The lowest BCUT2D eigenvalue weighted by Gasteiger charge is -2.05. The summed E-state index contributed by atoms with van der Waals surface area (Å²) in [6.45, 7) is -0.00669. The van der Waals surface area contributed by atoms with Crippen molar-refractivity contribution in [2.45, 2.75) is 11.6 Å². The first-order valence-electron chi connectivity index (χ1n) is 7.60. The van der Waals surface area contributed by atoms with E-state index in [0.29, 0.717) is 5.56 Å². The van der Waals surface area contributed by atoms with E-state index >= 15 is 0 Å². The third-order valence-electron chi connectivity index (χ3n) is 3.44. The van der Waals surface area contributed by atoms with Crippen LogP contribution in [-0.4, -0.2) is 19.3 Å². The van der Waals surface area contributed by atoms with E-state index in [9.17, 15) is 22.0 Å². The number of aromatic nitrogens is 1. The Balaban J connectivity index is 1.69. The topological polar surface area (TPSA) is 101 Å². The molecule has 3 aromatic rings. The van der Waals surface area contributed by atoms with E-state index in [1.165, 1.54) is 6.20 Å². The lowest BCUT2D eigenvalue weighted by Crippen LogP contribution is -2.23. The summed E-state index contributed by atoms with van der Waals surface area (Å²) in [5.41, 5.74) is 0.637. The number of anilines is 1. The van der Waals surface area contributed by atoms with Crippen molar-refractivity contribution in [2.24, 2.45) is 0 Å². The zero-order chi connectivity index (χ0) is 19.4. The summed E-state index contributed by atoms with van der Waals surface area (Å²) < 4.78 is 57.9. The zero-order valence-electron chi connectivity index (χ0n) is 13.6. The number of amides is 1. The van der Waals surface area contributed by atoms with Crippen LogP contribution < -0.4 is 10.0 Å². The normalized spacial score (nSPS) is 11.3. The number of nitrogens with one attached hydrogen (secondary N) is 2. The van der Waals surface area contributed by atoms with Gasteiger partial charge in [0.05, 0.1) is 0 Å².